The molecule has 0 saturated carbocycles. The summed E-state index contributed by atoms with van der Waals surface area (Å²) in [7, 11) is -3.43. The average molecular weight is 464 g/mol. The number of nitrogens with one attached hydrogen (secondary N) is 3. The molecule has 1 aliphatic rings. The van der Waals surface area contributed by atoms with Crippen LogP contribution in [0.1, 0.15) is 5.69 Å². The van der Waals surface area contributed by atoms with E-state index in [0.29, 0.717) is 18.8 Å². The first-order valence-corrected chi connectivity index (χ1v) is 9.89. The monoisotopic (exact) mass is 463 g/mol. The Morgan fingerprint density at radius 1 is 1.48 bits per heavy atom. The van der Waals surface area contributed by atoms with Gasteiger partial charge >= 0.3 is 0 Å². The molecule has 0 unspecified atom stereocenters. The standard InChI is InChI=1S/C13H15BrFN7O4S/c14-9-7-8(1-2-10(9)15)18-13(19-23)11-12(21-26-20-11)16-3-5-22-6-4-17-27(22,24)25/h1-2,7,17,23H,3-6H2,(H,16,21)(H,18,19). The van der Waals surface area contributed by atoms with Crippen LogP contribution in [0, 0.1) is 5.82 Å². The van der Waals surface area contributed by atoms with Gasteiger partial charge in [-0.1, -0.05) is 0 Å². The molecule has 1 saturated heterocycles. The van der Waals surface area contributed by atoms with Crippen molar-refractivity contribution in [3.63, 3.8) is 0 Å². The fourth-order valence-electron chi connectivity index (χ4n) is 2.32. The van der Waals surface area contributed by atoms with Gasteiger partial charge in [-0.3, -0.25) is 10.7 Å². The van der Waals surface area contributed by atoms with Gasteiger partial charge < -0.3 is 5.32 Å². The molecule has 0 amide bonds. The van der Waals surface area contributed by atoms with Crippen molar-refractivity contribution in [3.8, 4) is 0 Å². The summed E-state index contributed by atoms with van der Waals surface area (Å²) in [5, 5.41) is 19.6. The van der Waals surface area contributed by atoms with E-state index in [2.05, 4.69) is 45.9 Å². The molecular formula is C13H15BrFN7O4S. The first kappa shape index (κ1) is 19.6. The van der Waals surface area contributed by atoms with E-state index in [4.69, 9.17) is 0 Å². The van der Waals surface area contributed by atoms with E-state index in [1.54, 1.807) is 0 Å². The average Bonchev–Trinajstić information content (AvgIpc) is 3.22. The van der Waals surface area contributed by atoms with Crippen molar-refractivity contribution in [2.24, 2.45) is 4.99 Å². The lowest BCUT2D eigenvalue weighted by Gasteiger charge is -2.13. The lowest BCUT2D eigenvalue weighted by molar-refractivity contribution is 0.234. The van der Waals surface area contributed by atoms with Crippen molar-refractivity contribution in [2.45, 2.75) is 0 Å². The Morgan fingerprint density at radius 2 is 2.30 bits per heavy atom. The maximum Gasteiger partial charge on any atom is 0.279 e. The highest BCUT2D eigenvalue weighted by Gasteiger charge is 2.27. The van der Waals surface area contributed by atoms with Crippen molar-refractivity contribution >= 4 is 43.5 Å². The van der Waals surface area contributed by atoms with Crippen LogP contribution < -0.4 is 15.5 Å². The lowest BCUT2D eigenvalue weighted by Crippen LogP contribution is -2.33. The second kappa shape index (κ2) is 8.26. The fraction of sp³-hybridized carbons (Fsp3) is 0.308. The molecule has 2 aromatic rings. The summed E-state index contributed by atoms with van der Waals surface area (Å²) in [5.74, 6) is -0.391. The normalized spacial score (nSPS) is 17.2. The van der Waals surface area contributed by atoms with E-state index in [0.717, 1.165) is 0 Å². The van der Waals surface area contributed by atoms with Crippen molar-refractivity contribution in [2.75, 3.05) is 31.5 Å². The van der Waals surface area contributed by atoms with E-state index in [1.165, 1.54) is 22.5 Å². The predicted molar refractivity (Wildman–Crippen MR) is 96.5 cm³/mol. The van der Waals surface area contributed by atoms with Gasteiger partial charge in [-0.05, 0) is 44.4 Å². The third-order valence-electron chi connectivity index (χ3n) is 3.60. The number of amidine groups is 1. The quantitative estimate of drug-likeness (QED) is 0.276. The minimum Gasteiger partial charge on any atom is -0.364 e. The van der Waals surface area contributed by atoms with E-state index in [1.807, 2.05) is 5.48 Å². The van der Waals surface area contributed by atoms with Gasteiger partial charge in [0.25, 0.3) is 10.2 Å². The predicted octanol–water partition coefficient (Wildman–Crippen LogP) is 0.590. The molecule has 4 N–H and O–H groups in total. The topological polar surface area (TPSA) is 145 Å². The highest BCUT2D eigenvalue weighted by molar-refractivity contribution is 9.10. The van der Waals surface area contributed by atoms with Crippen LogP contribution in [-0.4, -0.2) is 60.3 Å². The zero-order valence-electron chi connectivity index (χ0n) is 13.7. The summed E-state index contributed by atoms with van der Waals surface area (Å²) >= 11 is 3.05. The molecule has 14 heteroatoms. The Kier molecular flexibility index (Phi) is 6.01. The Hall–Kier alpha value is -2.13. The molecule has 0 spiro atoms. The lowest BCUT2D eigenvalue weighted by atomic mass is 10.3. The van der Waals surface area contributed by atoms with Crippen molar-refractivity contribution in [1.29, 1.82) is 0 Å². The van der Waals surface area contributed by atoms with Gasteiger partial charge in [0.1, 0.15) is 5.82 Å². The third kappa shape index (κ3) is 4.59. The Bertz CT molecular complexity index is 952. The van der Waals surface area contributed by atoms with Gasteiger partial charge in [-0.25, -0.2) is 18.7 Å². The number of anilines is 1. The summed E-state index contributed by atoms with van der Waals surface area (Å²) in [6.45, 7) is 1.16. The second-order valence-corrected chi connectivity index (χ2v) is 7.97. The first-order valence-electron chi connectivity index (χ1n) is 7.66. The van der Waals surface area contributed by atoms with Gasteiger partial charge in [0.15, 0.2) is 11.5 Å². The second-order valence-electron chi connectivity index (χ2n) is 5.36. The number of aliphatic imine (C=N–C) groups is 1. The summed E-state index contributed by atoms with van der Waals surface area (Å²) in [4.78, 5) is 4.13. The first-order chi connectivity index (χ1) is 12.9. The van der Waals surface area contributed by atoms with Crippen molar-refractivity contribution in [3.05, 3.63) is 34.2 Å². The van der Waals surface area contributed by atoms with Crippen LogP contribution in [-0.2, 0) is 10.2 Å². The zero-order valence-corrected chi connectivity index (χ0v) is 16.1. The van der Waals surface area contributed by atoms with Gasteiger partial charge in [-0.15, -0.1) is 0 Å². The summed E-state index contributed by atoms with van der Waals surface area (Å²) in [5.41, 5.74) is 2.30. The number of aromatic nitrogens is 2. The number of halogens is 2. The number of hydrogen-bond acceptors (Lipinski definition) is 8. The van der Waals surface area contributed by atoms with Gasteiger partial charge in [-0.2, -0.15) is 12.7 Å². The van der Waals surface area contributed by atoms with Crippen LogP contribution in [0.3, 0.4) is 0 Å². The molecule has 27 heavy (non-hydrogen) atoms. The number of nitrogens with zero attached hydrogens (tertiary/aromatic N) is 4. The van der Waals surface area contributed by atoms with E-state index in [-0.39, 0.29) is 34.9 Å². The summed E-state index contributed by atoms with van der Waals surface area (Å²) in [6, 6.07) is 4.03. The van der Waals surface area contributed by atoms with Crippen LogP contribution in [0.25, 0.3) is 0 Å². The molecule has 0 radical (unpaired) electrons. The molecule has 3 rings (SSSR count). The highest BCUT2D eigenvalue weighted by atomic mass is 79.9. The maximum atomic E-state index is 13.3. The number of hydrogen-bond donors (Lipinski definition) is 4. The van der Waals surface area contributed by atoms with Gasteiger partial charge in [0.05, 0.1) is 10.2 Å². The molecule has 1 aromatic carbocycles. The molecule has 2 heterocycles. The Balaban J connectivity index is 1.72. The molecule has 11 nitrogen and oxygen atoms in total. The van der Waals surface area contributed by atoms with E-state index < -0.39 is 16.0 Å². The molecule has 1 fully saturated rings. The molecule has 0 aliphatic carbocycles. The van der Waals surface area contributed by atoms with Crippen molar-refractivity contribution < 1.29 is 22.6 Å². The minimum atomic E-state index is -3.43. The SMILES string of the molecule is O=S1(=O)NCCN1CCNc1nonc1C(=Nc1ccc(F)c(Br)c1)NO. The molecule has 0 atom stereocenters. The smallest absolute Gasteiger partial charge is 0.279 e. The van der Waals surface area contributed by atoms with E-state index >= 15 is 0 Å². The van der Waals surface area contributed by atoms with Crippen molar-refractivity contribution in [1.82, 2.24) is 24.8 Å². The molecule has 1 aliphatic heterocycles. The highest BCUT2D eigenvalue weighted by Crippen LogP contribution is 2.23. The summed E-state index contributed by atoms with van der Waals surface area (Å²) in [6.07, 6.45) is 0. The Labute approximate surface area is 161 Å². The van der Waals surface area contributed by atoms with Gasteiger partial charge in [0, 0.05) is 26.2 Å². The van der Waals surface area contributed by atoms with Crippen LogP contribution >= 0.6 is 15.9 Å². The molecule has 0 bridgehead atoms. The third-order valence-corrected chi connectivity index (χ3v) is 5.82. The molecule has 1 aromatic heterocycles. The van der Waals surface area contributed by atoms with Crippen LogP contribution in [0.15, 0.2) is 32.3 Å². The van der Waals surface area contributed by atoms with Crippen LogP contribution in [0.4, 0.5) is 15.9 Å². The molecule has 146 valence electrons. The number of rotatable bonds is 6. The van der Waals surface area contributed by atoms with Gasteiger partial charge in [0.2, 0.25) is 5.82 Å². The fourth-order valence-corrected chi connectivity index (χ4v) is 3.88. The van der Waals surface area contributed by atoms with E-state index in [9.17, 15) is 18.0 Å². The zero-order chi connectivity index (χ0) is 19.4. The molecular weight excluding hydrogens is 449 g/mol. The minimum absolute atomic E-state index is 0.0698. The summed E-state index contributed by atoms with van der Waals surface area (Å²) < 4.78 is 45.2. The van der Waals surface area contributed by atoms with Crippen LogP contribution in [0.2, 0.25) is 0 Å². The van der Waals surface area contributed by atoms with Crippen LogP contribution in [0.5, 0.6) is 0 Å². The Morgan fingerprint density at radius 3 is 2.96 bits per heavy atom. The number of hydroxylamine groups is 1. The number of benzene rings is 1. The maximum absolute atomic E-state index is 13.3. The largest absolute Gasteiger partial charge is 0.364 e.